The minimum absolute atomic E-state index is 0.0296. The molecule has 1 saturated carbocycles. The van der Waals surface area contributed by atoms with Crippen LogP contribution in [0.4, 0.5) is 0 Å². The van der Waals surface area contributed by atoms with Crippen LogP contribution in [-0.2, 0) is 0 Å². The fraction of sp³-hybridized carbons (Fsp3) is 0.600. The van der Waals surface area contributed by atoms with Gasteiger partial charge >= 0.3 is 0 Å². The lowest BCUT2D eigenvalue weighted by Gasteiger charge is -2.42. The number of benzene rings is 1. The maximum atomic E-state index is 6.18. The van der Waals surface area contributed by atoms with Crippen LogP contribution in [0.15, 0.2) is 18.2 Å². The predicted molar refractivity (Wildman–Crippen MR) is 81.4 cm³/mol. The first kappa shape index (κ1) is 15.0. The van der Waals surface area contributed by atoms with Gasteiger partial charge in [-0.2, -0.15) is 0 Å². The van der Waals surface area contributed by atoms with Crippen molar-refractivity contribution >= 4 is 23.2 Å². The molecule has 2 rings (SSSR count). The van der Waals surface area contributed by atoms with Gasteiger partial charge in [-0.25, -0.2) is 0 Å². The third-order valence-corrected chi connectivity index (χ3v) is 4.20. The van der Waals surface area contributed by atoms with Crippen LogP contribution in [0.5, 0.6) is 5.75 Å². The minimum atomic E-state index is -0.0296. The van der Waals surface area contributed by atoms with Gasteiger partial charge in [-0.15, -0.1) is 0 Å². The van der Waals surface area contributed by atoms with Crippen molar-refractivity contribution in [3.05, 3.63) is 28.2 Å². The van der Waals surface area contributed by atoms with E-state index in [2.05, 4.69) is 12.2 Å². The van der Waals surface area contributed by atoms with Gasteiger partial charge in [0, 0.05) is 5.02 Å². The summed E-state index contributed by atoms with van der Waals surface area (Å²) in [6.07, 6.45) is 5.65. The van der Waals surface area contributed by atoms with Crippen molar-refractivity contribution in [3.63, 3.8) is 0 Å². The number of hydrogen-bond donors (Lipinski definition) is 1. The van der Waals surface area contributed by atoms with Gasteiger partial charge in [-0.3, -0.25) is 0 Å². The van der Waals surface area contributed by atoms with E-state index in [1.165, 1.54) is 6.42 Å². The molecule has 1 aliphatic carbocycles. The molecule has 0 unspecified atom stereocenters. The summed E-state index contributed by atoms with van der Waals surface area (Å²) in [6.45, 7) is 4.24. The van der Waals surface area contributed by atoms with Crippen LogP contribution in [0.1, 0.15) is 39.0 Å². The van der Waals surface area contributed by atoms with Gasteiger partial charge in [0.25, 0.3) is 0 Å². The lowest BCUT2D eigenvalue weighted by Crippen LogP contribution is -2.45. The Hall–Kier alpha value is -0.440. The van der Waals surface area contributed by atoms with Crippen LogP contribution in [0.2, 0.25) is 10.0 Å². The predicted octanol–water partition coefficient (Wildman–Crippen LogP) is 4.68. The average Bonchev–Trinajstić information content (AvgIpc) is 2.34. The van der Waals surface area contributed by atoms with E-state index in [-0.39, 0.29) is 5.60 Å². The maximum Gasteiger partial charge on any atom is 0.138 e. The summed E-state index contributed by atoms with van der Waals surface area (Å²) < 4.78 is 6.17. The second kappa shape index (κ2) is 6.83. The molecule has 0 atom stereocenters. The van der Waals surface area contributed by atoms with Crippen LogP contribution in [0, 0.1) is 0 Å². The zero-order valence-corrected chi connectivity index (χ0v) is 12.9. The molecule has 19 heavy (non-hydrogen) atoms. The molecule has 1 N–H and O–H groups in total. The topological polar surface area (TPSA) is 21.3 Å². The number of halogens is 2. The van der Waals surface area contributed by atoms with E-state index < -0.39 is 0 Å². The van der Waals surface area contributed by atoms with Gasteiger partial charge < -0.3 is 10.1 Å². The molecule has 0 amide bonds. The Morgan fingerprint density at radius 1 is 1.26 bits per heavy atom. The summed E-state index contributed by atoms with van der Waals surface area (Å²) in [5.74, 6) is 0.751. The van der Waals surface area contributed by atoms with Gasteiger partial charge in [-0.1, -0.05) is 30.1 Å². The summed E-state index contributed by atoms with van der Waals surface area (Å²) in [5.41, 5.74) is -0.0296. The Bertz CT molecular complexity index is 419. The van der Waals surface area contributed by atoms with Crippen LogP contribution >= 0.6 is 23.2 Å². The Morgan fingerprint density at radius 3 is 2.63 bits per heavy atom. The molecule has 0 saturated heterocycles. The van der Waals surface area contributed by atoms with Gasteiger partial charge in [0.1, 0.15) is 11.4 Å². The highest BCUT2D eigenvalue weighted by Gasteiger charge is 2.39. The Kier molecular flexibility index (Phi) is 5.37. The van der Waals surface area contributed by atoms with Gasteiger partial charge in [0.2, 0.25) is 0 Å². The monoisotopic (exact) mass is 301 g/mol. The molecule has 1 aromatic carbocycles. The molecule has 0 spiro atoms. The largest absolute Gasteiger partial charge is 0.486 e. The zero-order valence-electron chi connectivity index (χ0n) is 11.3. The molecule has 106 valence electrons. The Labute approximate surface area is 125 Å². The minimum Gasteiger partial charge on any atom is -0.486 e. The van der Waals surface area contributed by atoms with Crippen LogP contribution in [0.25, 0.3) is 0 Å². The fourth-order valence-corrected chi connectivity index (χ4v) is 2.83. The lowest BCUT2D eigenvalue weighted by molar-refractivity contribution is -0.0141. The molecule has 0 radical (unpaired) electrons. The van der Waals surface area contributed by atoms with Crippen molar-refractivity contribution in [1.29, 1.82) is 0 Å². The van der Waals surface area contributed by atoms with Gasteiger partial charge in [0.15, 0.2) is 0 Å². The molecule has 1 aliphatic rings. The highest BCUT2D eigenvalue weighted by molar-refractivity contribution is 6.35. The van der Waals surface area contributed by atoms with E-state index in [0.29, 0.717) is 10.0 Å². The summed E-state index contributed by atoms with van der Waals surface area (Å²) in [7, 11) is 0. The van der Waals surface area contributed by atoms with E-state index in [0.717, 1.165) is 44.5 Å². The van der Waals surface area contributed by atoms with Crippen molar-refractivity contribution in [2.24, 2.45) is 0 Å². The Morgan fingerprint density at radius 2 is 2.05 bits per heavy atom. The summed E-state index contributed by atoms with van der Waals surface area (Å²) in [4.78, 5) is 0. The molecule has 0 aliphatic heterocycles. The quantitative estimate of drug-likeness (QED) is 0.738. The molecule has 2 nitrogen and oxygen atoms in total. The molecular weight excluding hydrogens is 281 g/mol. The molecule has 1 fully saturated rings. The highest BCUT2D eigenvalue weighted by atomic mass is 35.5. The van der Waals surface area contributed by atoms with Crippen molar-refractivity contribution in [1.82, 2.24) is 5.32 Å². The standard InChI is InChI=1S/C15H21Cl2NO/c1-2-9-18-10-8-15(6-3-7-15)19-14-5-4-12(16)11-13(14)17/h4-5,11,18H,2-3,6-10H2,1H3. The van der Waals surface area contributed by atoms with Crippen LogP contribution < -0.4 is 10.1 Å². The van der Waals surface area contributed by atoms with E-state index in [9.17, 15) is 0 Å². The van der Waals surface area contributed by atoms with E-state index in [1.807, 2.05) is 12.1 Å². The first-order valence-corrected chi connectivity index (χ1v) is 7.76. The van der Waals surface area contributed by atoms with Crippen molar-refractivity contribution in [2.75, 3.05) is 13.1 Å². The molecular formula is C15H21Cl2NO. The smallest absolute Gasteiger partial charge is 0.138 e. The summed E-state index contributed by atoms with van der Waals surface area (Å²) in [6, 6.07) is 5.43. The molecule has 1 aromatic rings. The normalized spacial score (nSPS) is 17.0. The third-order valence-electron chi connectivity index (χ3n) is 3.67. The molecule has 0 bridgehead atoms. The van der Waals surface area contributed by atoms with Crippen molar-refractivity contribution < 1.29 is 4.74 Å². The lowest BCUT2D eigenvalue weighted by atomic mass is 9.77. The maximum absolute atomic E-state index is 6.18. The molecule has 4 heteroatoms. The van der Waals surface area contributed by atoms with Crippen molar-refractivity contribution in [3.8, 4) is 5.75 Å². The third kappa shape index (κ3) is 4.01. The van der Waals surface area contributed by atoms with Gasteiger partial charge in [0.05, 0.1) is 5.02 Å². The summed E-state index contributed by atoms with van der Waals surface area (Å²) >= 11 is 12.1. The second-order valence-electron chi connectivity index (χ2n) is 5.21. The number of nitrogens with one attached hydrogen (secondary N) is 1. The Balaban J connectivity index is 1.94. The van der Waals surface area contributed by atoms with E-state index in [1.54, 1.807) is 6.07 Å². The fourth-order valence-electron chi connectivity index (χ4n) is 2.38. The average molecular weight is 302 g/mol. The van der Waals surface area contributed by atoms with Crippen LogP contribution in [0.3, 0.4) is 0 Å². The highest BCUT2D eigenvalue weighted by Crippen LogP contribution is 2.41. The van der Waals surface area contributed by atoms with E-state index >= 15 is 0 Å². The number of hydrogen-bond acceptors (Lipinski definition) is 2. The SMILES string of the molecule is CCCNCCC1(Oc2ccc(Cl)cc2Cl)CCC1. The van der Waals surface area contributed by atoms with Gasteiger partial charge in [-0.05, 0) is 63.4 Å². The number of rotatable bonds is 7. The molecule has 0 heterocycles. The first-order valence-electron chi connectivity index (χ1n) is 7.00. The van der Waals surface area contributed by atoms with Crippen LogP contribution in [-0.4, -0.2) is 18.7 Å². The van der Waals surface area contributed by atoms with E-state index in [4.69, 9.17) is 27.9 Å². The first-order chi connectivity index (χ1) is 9.15. The summed E-state index contributed by atoms with van der Waals surface area (Å²) in [5, 5.41) is 4.68. The zero-order chi connectivity index (χ0) is 13.7. The molecule has 0 aromatic heterocycles. The second-order valence-corrected chi connectivity index (χ2v) is 6.06. The number of ether oxygens (including phenoxy) is 1. The van der Waals surface area contributed by atoms with Crippen molar-refractivity contribution in [2.45, 2.75) is 44.6 Å².